The van der Waals surface area contributed by atoms with Crippen LogP contribution in [-0.2, 0) is 19.2 Å². The molecule has 1 heterocycles. The third-order valence-electron chi connectivity index (χ3n) is 5.09. The van der Waals surface area contributed by atoms with Crippen LogP contribution in [0.5, 0.6) is 0 Å². The van der Waals surface area contributed by atoms with Crippen LogP contribution in [0, 0.1) is 0 Å². The van der Waals surface area contributed by atoms with Crippen molar-refractivity contribution in [3.63, 3.8) is 0 Å². The summed E-state index contributed by atoms with van der Waals surface area (Å²) in [6.45, 7) is 2.22. The number of carbonyl (C=O) groups excluding carboxylic acids is 4. The van der Waals surface area contributed by atoms with Gasteiger partial charge in [0.15, 0.2) is 0 Å². The highest BCUT2D eigenvalue weighted by molar-refractivity contribution is 6.02. The number of amides is 3. The number of hydroxylamine groups is 2. The molecule has 0 spiro atoms. The van der Waals surface area contributed by atoms with Gasteiger partial charge in [-0.2, -0.15) is 0 Å². The van der Waals surface area contributed by atoms with Gasteiger partial charge >= 0.3 is 5.97 Å². The van der Waals surface area contributed by atoms with Crippen LogP contribution >= 0.6 is 0 Å². The number of unbranched alkanes of at least 4 members (excludes halogenated alkanes) is 8. The van der Waals surface area contributed by atoms with E-state index in [0.717, 1.165) is 19.3 Å². The number of hydrogen-bond acceptors (Lipinski definition) is 5. The van der Waals surface area contributed by atoms with E-state index in [-0.39, 0.29) is 24.3 Å². The number of imide groups is 1. The minimum atomic E-state index is -0.786. The summed E-state index contributed by atoms with van der Waals surface area (Å²) in [5.41, 5.74) is 0.778. The van der Waals surface area contributed by atoms with Crippen LogP contribution in [-0.4, -0.2) is 28.8 Å². The van der Waals surface area contributed by atoms with E-state index in [9.17, 15) is 19.2 Å². The van der Waals surface area contributed by atoms with Crippen molar-refractivity contribution in [1.29, 1.82) is 0 Å². The Balaban J connectivity index is 1.64. The lowest BCUT2D eigenvalue weighted by Crippen LogP contribution is -2.32. The summed E-state index contributed by atoms with van der Waals surface area (Å²) in [7, 11) is 0. The van der Waals surface area contributed by atoms with Gasteiger partial charge < -0.3 is 10.2 Å². The number of anilines is 1. The average Bonchev–Trinajstić information content (AvgIpc) is 3.05. The van der Waals surface area contributed by atoms with E-state index in [4.69, 9.17) is 4.84 Å². The molecule has 1 fully saturated rings. The maximum absolute atomic E-state index is 12.1. The predicted molar refractivity (Wildman–Crippen MR) is 113 cm³/mol. The van der Waals surface area contributed by atoms with Gasteiger partial charge in [0.1, 0.15) is 0 Å². The molecule has 0 aromatic heterocycles. The number of carbonyl (C=O) groups is 4. The Hall–Kier alpha value is -2.70. The molecule has 1 aromatic rings. The summed E-state index contributed by atoms with van der Waals surface area (Å²) >= 11 is 0. The van der Waals surface area contributed by atoms with Gasteiger partial charge in [-0.3, -0.25) is 14.4 Å². The molecule has 7 nitrogen and oxygen atoms in total. The summed E-state index contributed by atoms with van der Waals surface area (Å²) in [5.74, 6) is -1.88. The van der Waals surface area contributed by atoms with Crippen molar-refractivity contribution in [3.8, 4) is 0 Å². The van der Waals surface area contributed by atoms with Crippen molar-refractivity contribution >= 4 is 29.4 Å². The van der Waals surface area contributed by atoms with Crippen LogP contribution in [0.25, 0.3) is 0 Å². The second kappa shape index (κ2) is 12.8. The number of hydrogen-bond donors (Lipinski definition) is 1. The fraction of sp³-hybridized carbons (Fsp3) is 0.565. The lowest BCUT2D eigenvalue weighted by atomic mass is 10.1. The van der Waals surface area contributed by atoms with Gasteiger partial charge in [0.2, 0.25) is 5.91 Å². The molecule has 0 atom stereocenters. The third kappa shape index (κ3) is 7.97. The molecule has 7 heteroatoms. The molecule has 164 valence electrons. The fourth-order valence-electron chi connectivity index (χ4n) is 3.30. The molecule has 1 aliphatic heterocycles. The van der Waals surface area contributed by atoms with E-state index in [0.29, 0.717) is 17.2 Å². The van der Waals surface area contributed by atoms with Crippen molar-refractivity contribution in [2.45, 2.75) is 84.0 Å². The minimum Gasteiger partial charge on any atom is -0.326 e. The Morgan fingerprint density at radius 2 is 1.40 bits per heavy atom. The highest BCUT2D eigenvalue weighted by Crippen LogP contribution is 2.16. The largest absolute Gasteiger partial charge is 0.363 e. The van der Waals surface area contributed by atoms with Gasteiger partial charge in [-0.25, -0.2) is 4.79 Å². The first-order valence-electron chi connectivity index (χ1n) is 11.0. The smallest absolute Gasteiger partial charge is 0.326 e. The van der Waals surface area contributed by atoms with Gasteiger partial charge in [-0.05, 0) is 30.7 Å². The van der Waals surface area contributed by atoms with Crippen LogP contribution in [0.4, 0.5) is 5.69 Å². The first-order chi connectivity index (χ1) is 14.5. The Labute approximate surface area is 178 Å². The zero-order valence-corrected chi connectivity index (χ0v) is 17.8. The SMILES string of the molecule is CCCCCCCCCCCC(=O)Nc1ccc(C(=O)ON2C(=O)CCC2=O)cc1. The molecule has 1 N–H and O–H groups in total. The number of nitrogens with zero attached hydrogens (tertiary/aromatic N) is 1. The van der Waals surface area contributed by atoms with Crippen molar-refractivity contribution in [2.75, 3.05) is 5.32 Å². The Kier molecular flexibility index (Phi) is 10.0. The van der Waals surface area contributed by atoms with Crippen molar-refractivity contribution in [2.24, 2.45) is 0 Å². The van der Waals surface area contributed by atoms with Gasteiger partial charge in [-0.1, -0.05) is 58.3 Å². The highest BCUT2D eigenvalue weighted by Gasteiger charge is 2.33. The zero-order chi connectivity index (χ0) is 21.8. The first kappa shape index (κ1) is 23.6. The molecule has 0 bridgehead atoms. The van der Waals surface area contributed by atoms with Gasteiger partial charge in [0, 0.05) is 24.9 Å². The second-order valence-corrected chi connectivity index (χ2v) is 7.66. The van der Waals surface area contributed by atoms with Crippen LogP contribution in [0.15, 0.2) is 24.3 Å². The molecule has 1 saturated heterocycles. The van der Waals surface area contributed by atoms with E-state index in [1.54, 1.807) is 12.1 Å². The van der Waals surface area contributed by atoms with E-state index in [2.05, 4.69) is 12.2 Å². The van der Waals surface area contributed by atoms with Crippen molar-refractivity contribution in [1.82, 2.24) is 5.06 Å². The molecule has 0 unspecified atom stereocenters. The van der Waals surface area contributed by atoms with E-state index < -0.39 is 17.8 Å². The summed E-state index contributed by atoms with van der Waals surface area (Å²) in [6, 6.07) is 6.17. The molecule has 1 aliphatic rings. The van der Waals surface area contributed by atoms with Gasteiger partial charge in [0.25, 0.3) is 11.8 Å². The maximum atomic E-state index is 12.1. The van der Waals surface area contributed by atoms with E-state index in [1.807, 2.05) is 0 Å². The Morgan fingerprint density at radius 1 is 0.867 bits per heavy atom. The zero-order valence-electron chi connectivity index (χ0n) is 17.8. The summed E-state index contributed by atoms with van der Waals surface area (Å²) < 4.78 is 0. The first-order valence-corrected chi connectivity index (χ1v) is 11.0. The summed E-state index contributed by atoms with van der Waals surface area (Å²) in [6.07, 6.45) is 11.4. The average molecular weight is 417 g/mol. The quantitative estimate of drug-likeness (QED) is 0.369. The molecule has 2 rings (SSSR count). The molecule has 0 aliphatic carbocycles. The Morgan fingerprint density at radius 3 is 1.97 bits per heavy atom. The van der Waals surface area contributed by atoms with E-state index >= 15 is 0 Å². The van der Waals surface area contributed by atoms with Crippen molar-refractivity contribution in [3.05, 3.63) is 29.8 Å². The third-order valence-corrected chi connectivity index (χ3v) is 5.09. The molecular weight excluding hydrogens is 384 g/mol. The minimum absolute atomic E-state index is 0.0516. The molecular formula is C23H32N2O5. The molecule has 30 heavy (non-hydrogen) atoms. The second-order valence-electron chi connectivity index (χ2n) is 7.66. The normalized spacial score (nSPS) is 13.6. The van der Waals surface area contributed by atoms with E-state index in [1.165, 1.54) is 50.7 Å². The Bertz CT molecular complexity index is 714. The summed E-state index contributed by atoms with van der Waals surface area (Å²) in [4.78, 5) is 52.0. The molecule has 3 amide bonds. The fourth-order valence-corrected chi connectivity index (χ4v) is 3.30. The standard InChI is InChI=1S/C23H32N2O5/c1-2-3-4-5-6-7-8-9-10-11-20(26)24-19-14-12-18(13-15-19)23(29)30-25-21(27)16-17-22(25)28/h12-15H,2-11,16-17H2,1H3,(H,24,26). The van der Waals surface area contributed by atoms with Crippen LogP contribution in [0.3, 0.4) is 0 Å². The molecule has 1 aromatic carbocycles. The lowest BCUT2D eigenvalue weighted by Gasteiger charge is -2.12. The maximum Gasteiger partial charge on any atom is 0.363 e. The summed E-state index contributed by atoms with van der Waals surface area (Å²) in [5, 5.41) is 3.33. The molecule has 0 radical (unpaired) electrons. The number of nitrogens with one attached hydrogen (secondary N) is 1. The van der Waals surface area contributed by atoms with Crippen LogP contribution < -0.4 is 5.32 Å². The van der Waals surface area contributed by atoms with Crippen molar-refractivity contribution < 1.29 is 24.0 Å². The predicted octanol–water partition coefficient (Wildman–Crippen LogP) is 4.77. The van der Waals surface area contributed by atoms with Crippen LogP contribution in [0.1, 0.15) is 94.3 Å². The van der Waals surface area contributed by atoms with Gasteiger partial charge in [-0.15, -0.1) is 5.06 Å². The van der Waals surface area contributed by atoms with Crippen LogP contribution in [0.2, 0.25) is 0 Å². The number of benzene rings is 1. The van der Waals surface area contributed by atoms with Gasteiger partial charge in [0.05, 0.1) is 5.56 Å². The topological polar surface area (TPSA) is 92.8 Å². The number of rotatable bonds is 13. The highest BCUT2D eigenvalue weighted by atomic mass is 16.7. The molecule has 0 saturated carbocycles. The monoisotopic (exact) mass is 416 g/mol. The lowest BCUT2D eigenvalue weighted by molar-refractivity contribution is -0.172.